The Labute approximate surface area is 107 Å². The summed E-state index contributed by atoms with van der Waals surface area (Å²) in [5, 5.41) is 12.3. The standard InChI is InChI=1S/C14H20N2O2/c15-12-8-4-7-11(12)14(18)16-13(9-17)10-5-2-1-3-6-10/h1-3,5-6,11-13,17H,4,7-9,15H2,(H,16,18)/t11?,12?,13-/m1/s1. The molecule has 2 rings (SSSR count). The fourth-order valence-electron chi connectivity index (χ4n) is 2.51. The number of carbonyl (C=O) groups excluding carboxylic acids is 1. The highest BCUT2D eigenvalue weighted by molar-refractivity contribution is 5.80. The van der Waals surface area contributed by atoms with Gasteiger partial charge in [0.05, 0.1) is 18.6 Å². The highest BCUT2D eigenvalue weighted by atomic mass is 16.3. The summed E-state index contributed by atoms with van der Waals surface area (Å²) in [5.41, 5.74) is 6.83. The lowest BCUT2D eigenvalue weighted by Gasteiger charge is -2.21. The minimum absolute atomic E-state index is 0.0390. The molecule has 0 spiro atoms. The van der Waals surface area contributed by atoms with E-state index < -0.39 is 0 Å². The van der Waals surface area contributed by atoms with Gasteiger partial charge < -0.3 is 16.2 Å². The Morgan fingerprint density at radius 2 is 2.11 bits per heavy atom. The van der Waals surface area contributed by atoms with Crippen molar-refractivity contribution in [2.45, 2.75) is 31.3 Å². The number of nitrogens with one attached hydrogen (secondary N) is 1. The molecule has 98 valence electrons. The van der Waals surface area contributed by atoms with Crippen LogP contribution in [0, 0.1) is 5.92 Å². The van der Waals surface area contributed by atoms with Crippen LogP contribution in [0.15, 0.2) is 30.3 Å². The van der Waals surface area contributed by atoms with Crippen molar-refractivity contribution < 1.29 is 9.90 Å². The Kier molecular flexibility index (Phi) is 4.33. The van der Waals surface area contributed by atoms with Gasteiger partial charge in [0.25, 0.3) is 0 Å². The number of amides is 1. The van der Waals surface area contributed by atoms with Gasteiger partial charge in [-0.1, -0.05) is 36.8 Å². The van der Waals surface area contributed by atoms with E-state index in [4.69, 9.17) is 5.73 Å². The molecular weight excluding hydrogens is 228 g/mol. The predicted octanol–water partition coefficient (Wildman–Crippen LogP) is 0.964. The van der Waals surface area contributed by atoms with Crippen LogP contribution in [0.1, 0.15) is 30.9 Å². The molecule has 1 aromatic carbocycles. The van der Waals surface area contributed by atoms with Crippen LogP contribution in [0.2, 0.25) is 0 Å². The quantitative estimate of drug-likeness (QED) is 0.743. The second-order valence-electron chi connectivity index (χ2n) is 4.86. The van der Waals surface area contributed by atoms with Crippen molar-refractivity contribution in [2.75, 3.05) is 6.61 Å². The molecule has 0 aromatic heterocycles. The van der Waals surface area contributed by atoms with Crippen molar-refractivity contribution in [1.82, 2.24) is 5.32 Å². The molecule has 1 fully saturated rings. The number of nitrogens with two attached hydrogens (primary N) is 1. The first-order chi connectivity index (χ1) is 8.72. The molecular formula is C14H20N2O2. The smallest absolute Gasteiger partial charge is 0.225 e. The molecule has 0 bridgehead atoms. The van der Waals surface area contributed by atoms with E-state index in [2.05, 4.69) is 5.32 Å². The maximum atomic E-state index is 12.1. The van der Waals surface area contributed by atoms with Crippen LogP contribution in [0.3, 0.4) is 0 Å². The summed E-state index contributed by atoms with van der Waals surface area (Å²) < 4.78 is 0. The van der Waals surface area contributed by atoms with Gasteiger partial charge in [-0.15, -0.1) is 0 Å². The van der Waals surface area contributed by atoms with Gasteiger partial charge in [0, 0.05) is 6.04 Å². The highest BCUT2D eigenvalue weighted by Gasteiger charge is 2.31. The highest BCUT2D eigenvalue weighted by Crippen LogP contribution is 2.25. The number of hydrogen-bond donors (Lipinski definition) is 3. The first-order valence-corrected chi connectivity index (χ1v) is 6.44. The zero-order valence-corrected chi connectivity index (χ0v) is 10.4. The van der Waals surface area contributed by atoms with Crippen LogP contribution in [0.4, 0.5) is 0 Å². The third-order valence-corrected chi connectivity index (χ3v) is 3.61. The number of carbonyl (C=O) groups is 1. The van der Waals surface area contributed by atoms with E-state index in [1.165, 1.54) is 0 Å². The van der Waals surface area contributed by atoms with E-state index in [-0.39, 0.29) is 30.5 Å². The minimum Gasteiger partial charge on any atom is -0.394 e. The van der Waals surface area contributed by atoms with Crippen LogP contribution in [0.5, 0.6) is 0 Å². The molecule has 2 unspecified atom stereocenters. The second-order valence-corrected chi connectivity index (χ2v) is 4.86. The maximum absolute atomic E-state index is 12.1. The van der Waals surface area contributed by atoms with Gasteiger partial charge in [-0.25, -0.2) is 0 Å². The van der Waals surface area contributed by atoms with Crippen LogP contribution in [-0.2, 0) is 4.79 Å². The molecule has 0 heterocycles. The molecule has 1 aliphatic carbocycles. The van der Waals surface area contributed by atoms with Gasteiger partial charge in [-0.05, 0) is 18.4 Å². The van der Waals surface area contributed by atoms with Crippen LogP contribution in [-0.4, -0.2) is 23.7 Å². The van der Waals surface area contributed by atoms with Crippen molar-refractivity contribution in [3.05, 3.63) is 35.9 Å². The van der Waals surface area contributed by atoms with E-state index in [1.807, 2.05) is 30.3 Å². The van der Waals surface area contributed by atoms with E-state index >= 15 is 0 Å². The number of aliphatic hydroxyl groups is 1. The summed E-state index contributed by atoms with van der Waals surface area (Å²) in [6.07, 6.45) is 2.77. The Morgan fingerprint density at radius 3 is 2.67 bits per heavy atom. The summed E-state index contributed by atoms with van der Waals surface area (Å²) >= 11 is 0. The van der Waals surface area contributed by atoms with Crippen molar-refractivity contribution >= 4 is 5.91 Å². The fraction of sp³-hybridized carbons (Fsp3) is 0.500. The fourth-order valence-corrected chi connectivity index (χ4v) is 2.51. The molecule has 0 saturated heterocycles. The average molecular weight is 248 g/mol. The van der Waals surface area contributed by atoms with Crippen LogP contribution >= 0.6 is 0 Å². The zero-order valence-electron chi connectivity index (χ0n) is 10.4. The Morgan fingerprint density at radius 1 is 1.39 bits per heavy atom. The second kappa shape index (κ2) is 5.98. The van der Waals surface area contributed by atoms with E-state index in [0.717, 1.165) is 24.8 Å². The average Bonchev–Trinajstić information content (AvgIpc) is 2.83. The Balaban J connectivity index is 2.00. The molecule has 3 atom stereocenters. The molecule has 1 saturated carbocycles. The van der Waals surface area contributed by atoms with Gasteiger partial charge in [0.2, 0.25) is 5.91 Å². The van der Waals surface area contributed by atoms with E-state index in [1.54, 1.807) is 0 Å². The molecule has 4 heteroatoms. The number of rotatable bonds is 4. The number of benzene rings is 1. The molecule has 1 aliphatic rings. The summed E-state index contributed by atoms with van der Waals surface area (Å²) in [4.78, 5) is 12.1. The van der Waals surface area contributed by atoms with Crippen molar-refractivity contribution in [1.29, 1.82) is 0 Å². The largest absolute Gasteiger partial charge is 0.394 e. The van der Waals surface area contributed by atoms with Crippen molar-refractivity contribution in [3.63, 3.8) is 0 Å². The minimum atomic E-state index is -0.341. The molecule has 1 amide bonds. The Hall–Kier alpha value is -1.39. The van der Waals surface area contributed by atoms with Gasteiger partial charge in [0.1, 0.15) is 0 Å². The summed E-state index contributed by atoms with van der Waals surface area (Å²) in [6, 6.07) is 9.11. The molecule has 18 heavy (non-hydrogen) atoms. The van der Waals surface area contributed by atoms with Gasteiger partial charge in [-0.3, -0.25) is 4.79 Å². The van der Waals surface area contributed by atoms with Gasteiger partial charge >= 0.3 is 0 Å². The normalized spacial score (nSPS) is 24.8. The van der Waals surface area contributed by atoms with E-state index in [9.17, 15) is 9.90 Å². The number of hydrogen-bond acceptors (Lipinski definition) is 3. The first kappa shape index (κ1) is 13.1. The third-order valence-electron chi connectivity index (χ3n) is 3.61. The zero-order chi connectivity index (χ0) is 13.0. The van der Waals surface area contributed by atoms with Crippen LogP contribution in [0.25, 0.3) is 0 Å². The molecule has 4 nitrogen and oxygen atoms in total. The van der Waals surface area contributed by atoms with E-state index in [0.29, 0.717) is 0 Å². The lowest BCUT2D eigenvalue weighted by atomic mass is 10.0. The topological polar surface area (TPSA) is 75.4 Å². The maximum Gasteiger partial charge on any atom is 0.225 e. The molecule has 1 aromatic rings. The van der Waals surface area contributed by atoms with Crippen molar-refractivity contribution in [2.24, 2.45) is 11.7 Å². The summed E-state index contributed by atoms with van der Waals surface area (Å²) in [7, 11) is 0. The van der Waals surface area contributed by atoms with Crippen LogP contribution < -0.4 is 11.1 Å². The monoisotopic (exact) mass is 248 g/mol. The molecule has 0 radical (unpaired) electrons. The predicted molar refractivity (Wildman–Crippen MR) is 69.7 cm³/mol. The SMILES string of the molecule is NC1CCCC1C(=O)N[C@H](CO)c1ccccc1. The summed E-state index contributed by atoms with van der Waals surface area (Å²) in [5.74, 6) is -0.148. The van der Waals surface area contributed by atoms with Gasteiger partial charge in [-0.2, -0.15) is 0 Å². The number of aliphatic hydroxyl groups excluding tert-OH is 1. The summed E-state index contributed by atoms with van der Waals surface area (Å²) in [6.45, 7) is -0.0995. The van der Waals surface area contributed by atoms with Crippen molar-refractivity contribution in [3.8, 4) is 0 Å². The van der Waals surface area contributed by atoms with Gasteiger partial charge in [0.15, 0.2) is 0 Å². The third kappa shape index (κ3) is 2.89. The first-order valence-electron chi connectivity index (χ1n) is 6.44. The lowest BCUT2D eigenvalue weighted by Crippen LogP contribution is -2.41. The molecule has 0 aliphatic heterocycles. The Bertz CT molecular complexity index is 394. The molecule has 4 N–H and O–H groups in total. The lowest BCUT2D eigenvalue weighted by molar-refractivity contribution is -0.126.